The van der Waals surface area contributed by atoms with E-state index in [9.17, 15) is 18.0 Å². The fourth-order valence-electron chi connectivity index (χ4n) is 4.09. The maximum absolute atomic E-state index is 14.0. The Morgan fingerprint density at radius 3 is 2.18 bits per heavy atom. The highest BCUT2D eigenvalue weighted by molar-refractivity contribution is 7.92. The van der Waals surface area contributed by atoms with Crippen molar-refractivity contribution in [3.8, 4) is 11.5 Å². The van der Waals surface area contributed by atoms with E-state index in [2.05, 4.69) is 5.32 Å². The van der Waals surface area contributed by atoms with Crippen molar-refractivity contribution in [3.63, 3.8) is 0 Å². The van der Waals surface area contributed by atoms with Crippen LogP contribution in [0.3, 0.4) is 0 Å². The summed E-state index contributed by atoms with van der Waals surface area (Å²) in [5.74, 6) is -0.335. The molecule has 0 bridgehead atoms. The number of ether oxygens (including phenoxy) is 2. The van der Waals surface area contributed by atoms with Crippen molar-refractivity contribution in [2.24, 2.45) is 0 Å². The smallest absolute Gasteiger partial charge is 0.244 e. The Bertz CT molecular complexity index is 1380. The largest absolute Gasteiger partial charge is 0.497 e. The van der Waals surface area contributed by atoms with Gasteiger partial charge in [-0.05, 0) is 35.4 Å². The lowest BCUT2D eigenvalue weighted by Gasteiger charge is -2.33. The number of nitrogens with one attached hydrogen (secondary N) is 1. The minimum atomic E-state index is -3.96. The Kier molecular flexibility index (Phi) is 10.2. The van der Waals surface area contributed by atoms with E-state index in [-0.39, 0.29) is 30.3 Å². The fourth-order valence-corrected chi connectivity index (χ4v) is 5.06. The molecule has 0 fully saturated rings. The Morgan fingerprint density at radius 1 is 0.949 bits per heavy atom. The molecule has 1 atom stereocenters. The zero-order valence-corrected chi connectivity index (χ0v) is 23.8. The van der Waals surface area contributed by atoms with Crippen LogP contribution in [0.25, 0.3) is 0 Å². The van der Waals surface area contributed by atoms with Crippen molar-refractivity contribution in [1.29, 1.82) is 0 Å². The molecular formula is C28H32ClN3O6S. The van der Waals surface area contributed by atoms with Crippen molar-refractivity contribution in [3.05, 3.63) is 88.9 Å². The summed E-state index contributed by atoms with van der Waals surface area (Å²) < 4.78 is 37.6. The predicted molar refractivity (Wildman–Crippen MR) is 152 cm³/mol. The summed E-state index contributed by atoms with van der Waals surface area (Å²) in [6.45, 7) is -0.522. The van der Waals surface area contributed by atoms with Crippen LogP contribution in [0.4, 0.5) is 5.69 Å². The molecule has 208 valence electrons. The molecule has 0 spiro atoms. The summed E-state index contributed by atoms with van der Waals surface area (Å²) in [6.07, 6.45) is 1.23. The molecule has 1 N–H and O–H groups in total. The zero-order valence-electron chi connectivity index (χ0n) is 22.3. The fraction of sp³-hybridized carbons (Fsp3) is 0.286. The van der Waals surface area contributed by atoms with E-state index in [1.165, 1.54) is 32.2 Å². The van der Waals surface area contributed by atoms with Crippen LogP contribution >= 0.6 is 11.6 Å². The molecule has 3 aromatic rings. The second-order valence-corrected chi connectivity index (χ2v) is 11.1. The normalized spacial score (nSPS) is 11.8. The first-order chi connectivity index (χ1) is 18.6. The number of carbonyl (C=O) groups is 2. The number of methoxy groups -OCH3 is 2. The maximum Gasteiger partial charge on any atom is 0.244 e. The van der Waals surface area contributed by atoms with E-state index in [1.54, 1.807) is 36.4 Å². The van der Waals surface area contributed by atoms with E-state index >= 15 is 0 Å². The predicted octanol–water partition coefficient (Wildman–Crippen LogP) is 3.51. The number of halogens is 1. The lowest BCUT2D eigenvalue weighted by Crippen LogP contribution is -2.52. The first-order valence-electron chi connectivity index (χ1n) is 12.1. The van der Waals surface area contributed by atoms with Crippen molar-refractivity contribution in [1.82, 2.24) is 10.2 Å². The molecule has 0 heterocycles. The topological polar surface area (TPSA) is 105 Å². The quantitative estimate of drug-likeness (QED) is 0.355. The van der Waals surface area contributed by atoms with Crippen LogP contribution in [0.2, 0.25) is 5.02 Å². The van der Waals surface area contributed by atoms with Crippen LogP contribution < -0.4 is 19.1 Å². The molecular weight excluding hydrogens is 542 g/mol. The molecule has 0 aromatic heterocycles. The first-order valence-corrected chi connectivity index (χ1v) is 14.3. The van der Waals surface area contributed by atoms with Gasteiger partial charge in [-0.25, -0.2) is 8.42 Å². The first kappa shape index (κ1) is 29.8. The van der Waals surface area contributed by atoms with Gasteiger partial charge in [0.1, 0.15) is 24.1 Å². The van der Waals surface area contributed by atoms with Crippen LogP contribution in [0.15, 0.2) is 72.8 Å². The second kappa shape index (κ2) is 13.3. The van der Waals surface area contributed by atoms with Gasteiger partial charge in [0.15, 0.2) is 0 Å². The monoisotopic (exact) mass is 573 g/mol. The van der Waals surface area contributed by atoms with Gasteiger partial charge >= 0.3 is 0 Å². The second-order valence-electron chi connectivity index (χ2n) is 8.78. The van der Waals surface area contributed by atoms with Crippen molar-refractivity contribution in [2.45, 2.75) is 19.0 Å². The Morgan fingerprint density at radius 2 is 1.62 bits per heavy atom. The Balaban J connectivity index is 2.07. The number of carbonyl (C=O) groups excluding carboxylic acids is 2. The molecule has 0 saturated carbocycles. The summed E-state index contributed by atoms with van der Waals surface area (Å²) in [5.41, 5.74) is 1.70. The molecule has 1 unspecified atom stereocenters. The standard InChI is InChI=1S/C28H32ClN3O6S/c1-30-28(34)25(16-20-8-6-5-7-9-20)31(18-21-10-12-22(29)13-11-21)27(33)19-32(39(4,35)36)24-17-23(37-2)14-15-26(24)38-3/h5-15,17,25H,16,18-19H2,1-4H3,(H,30,34). The van der Waals surface area contributed by atoms with Crippen molar-refractivity contribution >= 4 is 39.1 Å². The summed E-state index contributed by atoms with van der Waals surface area (Å²) >= 11 is 6.05. The third kappa shape index (κ3) is 7.87. The summed E-state index contributed by atoms with van der Waals surface area (Å²) in [7, 11) is 0.390. The molecule has 3 rings (SSSR count). The number of amides is 2. The molecule has 0 aliphatic carbocycles. The van der Waals surface area contributed by atoms with Crippen LogP contribution in [-0.4, -0.2) is 65.2 Å². The molecule has 9 nitrogen and oxygen atoms in total. The highest BCUT2D eigenvalue weighted by Gasteiger charge is 2.33. The highest BCUT2D eigenvalue weighted by atomic mass is 35.5. The van der Waals surface area contributed by atoms with E-state index in [4.69, 9.17) is 21.1 Å². The average Bonchev–Trinajstić information content (AvgIpc) is 2.93. The van der Waals surface area contributed by atoms with Gasteiger partial charge in [-0.15, -0.1) is 0 Å². The lowest BCUT2D eigenvalue weighted by atomic mass is 10.0. The van der Waals surface area contributed by atoms with Crippen LogP contribution in [0.1, 0.15) is 11.1 Å². The molecule has 11 heteroatoms. The number of rotatable bonds is 12. The third-order valence-corrected chi connectivity index (χ3v) is 7.50. The molecule has 0 aliphatic rings. The molecule has 39 heavy (non-hydrogen) atoms. The molecule has 2 amide bonds. The van der Waals surface area contributed by atoms with Crippen LogP contribution in [0, 0.1) is 0 Å². The molecule has 0 radical (unpaired) electrons. The number of nitrogens with zero attached hydrogens (tertiary/aromatic N) is 2. The highest BCUT2D eigenvalue weighted by Crippen LogP contribution is 2.34. The molecule has 0 saturated heterocycles. The van der Waals surface area contributed by atoms with Gasteiger partial charge in [-0.1, -0.05) is 54.1 Å². The molecule has 0 aliphatic heterocycles. The number of likely N-dealkylation sites (N-methyl/N-ethyl adjacent to an activating group) is 1. The van der Waals surface area contributed by atoms with Gasteiger partial charge in [0, 0.05) is 31.1 Å². The SMILES string of the molecule is CNC(=O)C(Cc1ccccc1)N(Cc1ccc(Cl)cc1)C(=O)CN(c1cc(OC)ccc1OC)S(C)(=O)=O. The van der Waals surface area contributed by atoms with E-state index < -0.39 is 28.5 Å². The Hall–Kier alpha value is -3.76. The van der Waals surface area contributed by atoms with Gasteiger partial charge < -0.3 is 19.7 Å². The number of anilines is 1. The van der Waals surface area contributed by atoms with E-state index in [0.717, 1.165) is 21.7 Å². The number of sulfonamides is 1. The van der Waals surface area contributed by atoms with Crippen molar-refractivity contribution in [2.75, 3.05) is 38.4 Å². The summed E-state index contributed by atoms with van der Waals surface area (Å²) in [5, 5.41) is 3.17. The van der Waals surface area contributed by atoms with E-state index in [0.29, 0.717) is 10.8 Å². The average molecular weight is 574 g/mol. The van der Waals surface area contributed by atoms with Gasteiger partial charge in [0.2, 0.25) is 21.8 Å². The Labute approximate surface area is 234 Å². The summed E-state index contributed by atoms with van der Waals surface area (Å²) in [6, 6.07) is 19.9. The van der Waals surface area contributed by atoms with Crippen LogP contribution in [0.5, 0.6) is 11.5 Å². The van der Waals surface area contributed by atoms with Crippen LogP contribution in [-0.2, 0) is 32.6 Å². The van der Waals surface area contributed by atoms with Gasteiger partial charge in [0.25, 0.3) is 0 Å². The van der Waals surface area contributed by atoms with E-state index in [1.807, 2.05) is 30.3 Å². The number of benzene rings is 3. The number of hydrogen-bond acceptors (Lipinski definition) is 6. The summed E-state index contributed by atoms with van der Waals surface area (Å²) in [4.78, 5) is 28.5. The minimum absolute atomic E-state index is 0.0494. The zero-order chi connectivity index (χ0) is 28.6. The maximum atomic E-state index is 14.0. The van der Waals surface area contributed by atoms with Gasteiger partial charge in [-0.3, -0.25) is 13.9 Å². The van der Waals surface area contributed by atoms with Gasteiger partial charge in [-0.2, -0.15) is 0 Å². The van der Waals surface area contributed by atoms with Crippen molar-refractivity contribution < 1.29 is 27.5 Å². The molecule has 3 aromatic carbocycles. The van der Waals surface area contributed by atoms with Gasteiger partial charge in [0.05, 0.1) is 26.2 Å². The number of hydrogen-bond donors (Lipinski definition) is 1. The lowest BCUT2D eigenvalue weighted by molar-refractivity contribution is -0.139. The third-order valence-electron chi connectivity index (χ3n) is 6.12. The minimum Gasteiger partial charge on any atom is -0.497 e.